The molecule has 0 heterocycles. The maximum atomic E-state index is 11.5. The topological polar surface area (TPSA) is 56.1 Å². The number of carbonyl (C=O) groups excluding carboxylic acids is 1. The Morgan fingerprint density at radius 3 is 2.81 bits per heavy atom. The van der Waals surface area contributed by atoms with E-state index in [0.717, 1.165) is 4.47 Å². The Balaban J connectivity index is 2.82. The first-order valence-corrected chi connectivity index (χ1v) is 5.46. The van der Waals surface area contributed by atoms with E-state index >= 15 is 0 Å². The molecule has 0 aliphatic heterocycles. The molecule has 1 amide bonds. The molecule has 1 N–H and O–H groups in total. The molecule has 0 saturated heterocycles. The van der Waals surface area contributed by atoms with E-state index in [9.17, 15) is 4.79 Å². The lowest BCUT2D eigenvalue weighted by molar-refractivity contribution is -0.116. The van der Waals surface area contributed by atoms with E-state index < -0.39 is 0 Å². The zero-order valence-electron chi connectivity index (χ0n) is 9.12. The molecule has 0 radical (unpaired) electrons. The lowest BCUT2D eigenvalue weighted by Gasteiger charge is -2.11. The summed E-state index contributed by atoms with van der Waals surface area (Å²) in [7, 11) is 3.62. The monoisotopic (exact) mass is 281 g/mol. The molecule has 1 aromatic rings. The lowest BCUT2D eigenvalue weighted by atomic mass is 10.2. The fraction of sp³-hybridized carbons (Fsp3) is 0.273. The van der Waals surface area contributed by atoms with Gasteiger partial charge >= 0.3 is 0 Å². The first-order valence-electron chi connectivity index (χ1n) is 4.67. The highest BCUT2D eigenvalue weighted by Crippen LogP contribution is 2.20. The lowest BCUT2D eigenvalue weighted by Crippen LogP contribution is -2.27. The van der Waals surface area contributed by atoms with Gasteiger partial charge in [-0.1, -0.05) is 15.9 Å². The number of likely N-dealkylation sites (N-methyl/N-ethyl adjacent to an activating group) is 1. The van der Waals surface area contributed by atoms with Crippen LogP contribution in [0.3, 0.4) is 0 Å². The van der Waals surface area contributed by atoms with Crippen molar-refractivity contribution in [3.05, 3.63) is 28.2 Å². The van der Waals surface area contributed by atoms with E-state index in [4.69, 9.17) is 5.26 Å². The number of nitriles is 1. The Morgan fingerprint density at radius 1 is 1.56 bits per heavy atom. The molecule has 0 aliphatic carbocycles. The van der Waals surface area contributed by atoms with Crippen LogP contribution in [0.15, 0.2) is 22.7 Å². The number of hydrogen-bond donors (Lipinski definition) is 1. The maximum absolute atomic E-state index is 11.5. The van der Waals surface area contributed by atoms with Crippen molar-refractivity contribution in [2.45, 2.75) is 0 Å². The summed E-state index contributed by atoms with van der Waals surface area (Å²) >= 11 is 3.27. The molecular formula is C11H12BrN3O. The van der Waals surface area contributed by atoms with Crippen LogP contribution in [0.2, 0.25) is 0 Å². The van der Waals surface area contributed by atoms with Crippen molar-refractivity contribution in [3.63, 3.8) is 0 Å². The van der Waals surface area contributed by atoms with Gasteiger partial charge in [0.2, 0.25) is 5.91 Å². The Hall–Kier alpha value is -1.38. The number of hydrogen-bond acceptors (Lipinski definition) is 3. The van der Waals surface area contributed by atoms with Crippen LogP contribution in [0.5, 0.6) is 0 Å². The maximum Gasteiger partial charge on any atom is 0.238 e. The number of benzene rings is 1. The van der Waals surface area contributed by atoms with Gasteiger partial charge in [-0.2, -0.15) is 5.26 Å². The van der Waals surface area contributed by atoms with Crippen molar-refractivity contribution in [1.82, 2.24) is 4.90 Å². The number of carbonyl (C=O) groups is 1. The fourth-order valence-corrected chi connectivity index (χ4v) is 1.56. The van der Waals surface area contributed by atoms with E-state index in [1.807, 2.05) is 20.2 Å². The van der Waals surface area contributed by atoms with Gasteiger partial charge in [0.15, 0.2) is 0 Å². The van der Waals surface area contributed by atoms with Crippen LogP contribution < -0.4 is 5.32 Å². The fourth-order valence-electron chi connectivity index (χ4n) is 1.19. The van der Waals surface area contributed by atoms with Gasteiger partial charge in [0.25, 0.3) is 0 Å². The van der Waals surface area contributed by atoms with E-state index in [1.165, 1.54) is 0 Å². The minimum atomic E-state index is -0.135. The van der Waals surface area contributed by atoms with Gasteiger partial charge in [0, 0.05) is 4.47 Å². The first-order chi connectivity index (χ1) is 7.52. The number of anilines is 1. The van der Waals surface area contributed by atoms with Crippen LogP contribution in [0.25, 0.3) is 0 Å². The van der Waals surface area contributed by atoms with Gasteiger partial charge in [-0.3, -0.25) is 4.79 Å². The molecule has 0 unspecified atom stereocenters. The normalized spacial score (nSPS) is 9.94. The van der Waals surface area contributed by atoms with Crippen LogP contribution in [0, 0.1) is 11.3 Å². The van der Waals surface area contributed by atoms with Crippen LogP contribution in [-0.2, 0) is 4.79 Å². The molecule has 0 aromatic heterocycles. The Morgan fingerprint density at radius 2 is 2.25 bits per heavy atom. The largest absolute Gasteiger partial charge is 0.324 e. The second-order valence-electron chi connectivity index (χ2n) is 3.59. The number of halogens is 1. The number of rotatable bonds is 3. The molecule has 16 heavy (non-hydrogen) atoms. The van der Waals surface area contributed by atoms with Gasteiger partial charge in [-0.05, 0) is 32.3 Å². The highest BCUT2D eigenvalue weighted by Gasteiger charge is 2.07. The molecule has 5 heteroatoms. The number of nitrogens with one attached hydrogen (secondary N) is 1. The molecule has 0 aliphatic rings. The summed E-state index contributed by atoms with van der Waals surface area (Å²) in [6, 6.07) is 7.20. The second kappa shape index (κ2) is 5.64. The van der Waals surface area contributed by atoms with Gasteiger partial charge in [0.05, 0.1) is 17.8 Å². The smallest absolute Gasteiger partial charge is 0.238 e. The molecule has 1 rings (SSSR count). The van der Waals surface area contributed by atoms with Crippen molar-refractivity contribution in [2.75, 3.05) is 26.0 Å². The summed E-state index contributed by atoms with van der Waals surface area (Å²) < 4.78 is 0.814. The van der Waals surface area contributed by atoms with Crippen molar-refractivity contribution < 1.29 is 4.79 Å². The van der Waals surface area contributed by atoms with Crippen molar-refractivity contribution in [1.29, 1.82) is 5.26 Å². The van der Waals surface area contributed by atoms with E-state index in [1.54, 1.807) is 23.1 Å². The Kier molecular flexibility index (Phi) is 4.47. The predicted octanol–water partition coefficient (Wildman–Crippen LogP) is 1.82. The molecule has 0 fully saturated rings. The molecule has 0 spiro atoms. The third kappa shape index (κ3) is 3.65. The summed E-state index contributed by atoms with van der Waals surface area (Å²) in [5, 5.41) is 11.6. The van der Waals surface area contributed by atoms with Crippen LogP contribution >= 0.6 is 15.9 Å². The van der Waals surface area contributed by atoms with Crippen LogP contribution in [0.1, 0.15) is 5.56 Å². The average molecular weight is 282 g/mol. The number of amides is 1. The zero-order chi connectivity index (χ0) is 12.1. The molecule has 0 saturated carbocycles. The summed E-state index contributed by atoms with van der Waals surface area (Å²) in [5.41, 5.74) is 0.985. The highest BCUT2D eigenvalue weighted by molar-refractivity contribution is 9.10. The van der Waals surface area contributed by atoms with Crippen molar-refractivity contribution in [2.24, 2.45) is 0 Å². The first kappa shape index (κ1) is 12.7. The van der Waals surface area contributed by atoms with Crippen molar-refractivity contribution >= 4 is 27.5 Å². The van der Waals surface area contributed by atoms with E-state index in [-0.39, 0.29) is 5.91 Å². The molecule has 84 valence electrons. The zero-order valence-corrected chi connectivity index (χ0v) is 10.7. The summed E-state index contributed by atoms with van der Waals surface area (Å²) in [4.78, 5) is 13.3. The molecule has 1 aromatic carbocycles. The minimum absolute atomic E-state index is 0.135. The summed E-state index contributed by atoms with van der Waals surface area (Å²) in [6.07, 6.45) is 0. The number of nitrogens with zero attached hydrogens (tertiary/aromatic N) is 2. The third-order valence-corrected chi connectivity index (χ3v) is 2.33. The standard InChI is InChI=1S/C11H12BrN3O/c1-15(2)7-11(16)14-10-4-3-9(12)5-8(10)6-13/h3-5H,7H2,1-2H3,(H,14,16). The van der Waals surface area contributed by atoms with Gasteiger partial charge in [-0.15, -0.1) is 0 Å². The second-order valence-corrected chi connectivity index (χ2v) is 4.50. The average Bonchev–Trinajstić information content (AvgIpc) is 2.19. The highest BCUT2D eigenvalue weighted by atomic mass is 79.9. The van der Waals surface area contributed by atoms with Crippen molar-refractivity contribution in [3.8, 4) is 6.07 Å². The predicted molar refractivity (Wildman–Crippen MR) is 66.0 cm³/mol. The van der Waals surface area contributed by atoms with Gasteiger partial charge in [-0.25, -0.2) is 0 Å². The van der Waals surface area contributed by atoms with Crippen LogP contribution in [0.4, 0.5) is 5.69 Å². The molecular weight excluding hydrogens is 270 g/mol. The van der Waals surface area contributed by atoms with Gasteiger partial charge in [0.1, 0.15) is 6.07 Å². The van der Waals surface area contributed by atoms with Gasteiger partial charge < -0.3 is 10.2 Å². The molecule has 0 bridgehead atoms. The Bertz CT molecular complexity index is 437. The van der Waals surface area contributed by atoms with E-state index in [0.29, 0.717) is 17.8 Å². The molecule has 0 atom stereocenters. The SMILES string of the molecule is CN(C)CC(=O)Nc1ccc(Br)cc1C#N. The van der Waals surface area contributed by atoms with E-state index in [2.05, 4.69) is 21.2 Å². The Labute approximate surface area is 103 Å². The summed E-state index contributed by atoms with van der Waals surface area (Å²) in [5.74, 6) is -0.135. The third-order valence-electron chi connectivity index (χ3n) is 1.84. The minimum Gasteiger partial charge on any atom is -0.324 e. The van der Waals surface area contributed by atoms with Crippen LogP contribution in [-0.4, -0.2) is 31.4 Å². The summed E-state index contributed by atoms with van der Waals surface area (Å²) in [6.45, 7) is 0.293. The quantitative estimate of drug-likeness (QED) is 0.920. The molecule has 4 nitrogen and oxygen atoms in total.